The molecular weight excluding hydrogens is 279 g/mol. The number of rotatable bonds is 5. The van der Waals surface area contributed by atoms with E-state index in [1.807, 2.05) is 30.3 Å². The Morgan fingerprint density at radius 2 is 1.77 bits per heavy atom. The number of carbonyl (C=O) groups is 1. The molecule has 0 aliphatic heterocycles. The van der Waals surface area contributed by atoms with Crippen LogP contribution in [0.2, 0.25) is 0 Å². The molecule has 0 bridgehead atoms. The van der Waals surface area contributed by atoms with Crippen molar-refractivity contribution < 1.29 is 9.18 Å². The highest BCUT2D eigenvalue weighted by Gasteiger charge is 2.33. The van der Waals surface area contributed by atoms with E-state index in [1.54, 1.807) is 18.2 Å². The highest BCUT2D eigenvalue weighted by atomic mass is 19.1. The van der Waals surface area contributed by atoms with Gasteiger partial charge in [-0.05, 0) is 30.4 Å². The Morgan fingerprint density at radius 3 is 2.45 bits per heavy atom. The molecule has 4 heteroatoms. The van der Waals surface area contributed by atoms with Crippen LogP contribution in [0, 0.1) is 11.7 Å². The van der Waals surface area contributed by atoms with E-state index >= 15 is 0 Å². The van der Waals surface area contributed by atoms with Crippen molar-refractivity contribution in [2.75, 3.05) is 0 Å². The Hall–Kier alpha value is -2.36. The Labute approximate surface area is 129 Å². The molecule has 0 aromatic heterocycles. The smallest absolute Gasteiger partial charge is 0.315 e. The SMILES string of the molecule is O=C(NCc1ccccc1F)N[C@@H](c1ccccc1)C1CC1. The maximum absolute atomic E-state index is 13.5. The van der Waals surface area contributed by atoms with Crippen molar-refractivity contribution >= 4 is 6.03 Å². The number of nitrogens with one attached hydrogen (secondary N) is 2. The third kappa shape index (κ3) is 3.64. The number of amides is 2. The second kappa shape index (κ2) is 6.60. The summed E-state index contributed by atoms with van der Waals surface area (Å²) in [6.07, 6.45) is 2.26. The van der Waals surface area contributed by atoms with E-state index in [9.17, 15) is 9.18 Å². The Morgan fingerprint density at radius 1 is 1.09 bits per heavy atom. The van der Waals surface area contributed by atoms with Gasteiger partial charge in [0, 0.05) is 12.1 Å². The molecule has 0 unspecified atom stereocenters. The van der Waals surface area contributed by atoms with Crippen molar-refractivity contribution in [2.24, 2.45) is 5.92 Å². The summed E-state index contributed by atoms with van der Waals surface area (Å²) < 4.78 is 13.5. The van der Waals surface area contributed by atoms with Gasteiger partial charge in [-0.1, -0.05) is 48.5 Å². The molecule has 2 amide bonds. The van der Waals surface area contributed by atoms with E-state index in [-0.39, 0.29) is 24.4 Å². The monoisotopic (exact) mass is 298 g/mol. The Bertz CT molecular complexity index is 641. The summed E-state index contributed by atoms with van der Waals surface area (Å²) in [4.78, 5) is 12.1. The highest BCUT2D eigenvalue weighted by Crippen LogP contribution is 2.40. The van der Waals surface area contributed by atoms with E-state index in [1.165, 1.54) is 6.07 Å². The normalized spacial score (nSPS) is 15.1. The van der Waals surface area contributed by atoms with E-state index in [0.29, 0.717) is 11.5 Å². The third-order valence-corrected chi connectivity index (χ3v) is 3.94. The van der Waals surface area contributed by atoms with Crippen molar-refractivity contribution in [1.29, 1.82) is 0 Å². The molecule has 22 heavy (non-hydrogen) atoms. The molecule has 1 aliphatic rings. The number of halogens is 1. The summed E-state index contributed by atoms with van der Waals surface area (Å²) in [6.45, 7) is 0.185. The fourth-order valence-electron chi connectivity index (χ4n) is 2.57. The van der Waals surface area contributed by atoms with Crippen LogP contribution in [0.4, 0.5) is 9.18 Å². The number of carbonyl (C=O) groups excluding carboxylic acids is 1. The standard InChI is InChI=1S/C18H19FN2O/c19-16-9-5-4-8-15(16)12-20-18(22)21-17(14-10-11-14)13-6-2-1-3-7-13/h1-9,14,17H,10-12H2,(H2,20,21,22)/t17-/m0/s1. The molecule has 2 N–H and O–H groups in total. The van der Waals surface area contributed by atoms with Crippen LogP contribution in [0.1, 0.15) is 30.0 Å². The van der Waals surface area contributed by atoms with Crippen LogP contribution in [0.3, 0.4) is 0 Å². The van der Waals surface area contributed by atoms with Gasteiger partial charge < -0.3 is 10.6 Å². The molecule has 2 aromatic carbocycles. The van der Waals surface area contributed by atoms with Crippen LogP contribution in [-0.4, -0.2) is 6.03 Å². The van der Waals surface area contributed by atoms with Gasteiger partial charge in [-0.25, -0.2) is 9.18 Å². The molecule has 3 nitrogen and oxygen atoms in total. The zero-order valence-corrected chi connectivity index (χ0v) is 12.3. The van der Waals surface area contributed by atoms with Gasteiger partial charge in [0.25, 0.3) is 0 Å². The Kier molecular flexibility index (Phi) is 4.37. The van der Waals surface area contributed by atoms with Crippen LogP contribution < -0.4 is 10.6 Å². The maximum Gasteiger partial charge on any atom is 0.315 e. The van der Waals surface area contributed by atoms with E-state index < -0.39 is 0 Å². The first-order valence-electron chi connectivity index (χ1n) is 7.57. The quantitative estimate of drug-likeness (QED) is 0.866. The first-order valence-corrected chi connectivity index (χ1v) is 7.57. The van der Waals surface area contributed by atoms with Crippen LogP contribution in [0.5, 0.6) is 0 Å². The van der Waals surface area contributed by atoms with Crippen molar-refractivity contribution in [3.8, 4) is 0 Å². The van der Waals surface area contributed by atoms with Gasteiger partial charge in [-0.3, -0.25) is 0 Å². The van der Waals surface area contributed by atoms with Crippen LogP contribution in [0.25, 0.3) is 0 Å². The number of hydrogen-bond donors (Lipinski definition) is 2. The molecule has 3 rings (SSSR count). The van der Waals surface area contributed by atoms with Crippen LogP contribution in [0.15, 0.2) is 54.6 Å². The number of benzene rings is 2. The number of hydrogen-bond acceptors (Lipinski definition) is 1. The molecule has 1 aliphatic carbocycles. The van der Waals surface area contributed by atoms with Gasteiger partial charge in [-0.15, -0.1) is 0 Å². The predicted molar refractivity (Wildman–Crippen MR) is 83.7 cm³/mol. The van der Waals surface area contributed by atoms with Crippen molar-refractivity contribution in [2.45, 2.75) is 25.4 Å². The zero-order chi connectivity index (χ0) is 15.4. The van der Waals surface area contributed by atoms with Crippen LogP contribution in [-0.2, 0) is 6.54 Å². The van der Waals surface area contributed by atoms with Gasteiger partial charge >= 0.3 is 6.03 Å². The minimum absolute atomic E-state index is 0.0295. The lowest BCUT2D eigenvalue weighted by Gasteiger charge is -2.19. The molecule has 0 saturated heterocycles. The lowest BCUT2D eigenvalue weighted by molar-refractivity contribution is 0.235. The van der Waals surface area contributed by atoms with Gasteiger partial charge in [-0.2, -0.15) is 0 Å². The summed E-state index contributed by atoms with van der Waals surface area (Å²) in [5.41, 5.74) is 1.60. The molecule has 0 heterocycles. The van der Waals surface area contributed by atoms with Gasteiger partial charge in [0.15, 0.2) is 0 Å². The average Bonchev–Trinajstić information content (AvgIpc) is 3.37. The van der Waals surface area contributed by atoms with Gasteiger partial charge in [0.1, 0.15) is 5.82 Å². The number of urea groups is 1. The molecule has 2 aromatic rings. The predicted octanol–water partition coefficient (Wildman–Crippen LogP) is 3.78. The van der Waals surface area contributed by atoms with E-state index in [4.69, 9.17) is 0 Å². The molecule has 114 valence electrons. The van der Waals surface area contributed by atoms with Crippen molar-refractivity contribution in [3.05, 3.63) is 71.5 Å². The molecule has 0 radical (unpaired) electrons. The molecule has 1 saturated carbocycles. The molecule has 1 atom stereocenters. The summed E-state index contributed by atoms with van der Waals surface area (Å²) in [7, 11) is 0. The fourth-order valence-corrected chi connectivity index (χ4v) is 2.57. The summed E-state index contributed by atoms with van der Waals surface area (Å²) in [5, 5.41) is 5.75. The largest absolute Gasteiger partial charge is 0.334 e. The first kappa shape index (κ1) is 14.6. The maximum atomic E-state index is 13.5. The zero-order valence-electron chi connectivity index (χ0n) is 12.3. The highest BCUT2D eigenvalue weighted by molar-refractivity contribution is 5.74. The summed E-state index contributed by atoms with van der Waals surface area (Å²) in [5.74, 6) is 0.200. The van der Waals surface area contributed by atoms with Gasteiger partial charge in [0.05, 0.1) is 6.04 Å². The third-order valence-electron chi connectivity index (χ3n) is 3.94. The van der Waals surface area contributed by atoms with Crippen molar-refractivity contribution in [3.63, 3.8) is 0 Å². The lowest BCUT2D eigenvalue weighted by Crippen LogP contribution is -2.38. The molecule has 0 spiro atoms. The summed E-state index contributed by atoms with van der Waals surface area (Å²) >= 11 is 0. The topological polar surface area (TPSA) is 41.1 Å². The second-order valence-corrected chi connectivity index (χ2v) is 5.64. The molecular formula is C18H19FN2O. The first-order chi connectivity index (χ1) is 10.7. The second-order valence-electron chi connectivity index (χ2n) is 5.64. The van der Waals surface area contributed by atoms with E-state index in [0.717, 1.165) is 18.4 Å². The van der Waals surface area contributed by atoms with E-state index in [2.05, 4.69) is 10.6 Å². The molecule has 1 fully saturated rings. The van der Waals surface area contributed by atoms with Gasteiger partial charge in [0.2, 0.25) is 0 Å². The average molecular weight is 298 g/mol. The Balaban J connectivity index is 1.59. The minimum atomic E-state index is -0.301. The lowest BCUT2D eigenvalue weighted by atomic mass is 10.0. The van der Waals surface area contributed by atoms with Crippen molar-refractivity contribution in [1.82, 2.24) is 10.6 Å². The van der Waals surface area contributed by atoms with Crippen LogP contribution >= 0.6 is 0 Å². The summed E-state index contributed by atoms with van der Waals surface area (Å²) in [6, 6.07) is 16.2. The minimum Gasteiger partial charge on any atom is -0.334 e. The fraction of sp³-hybridized carbons (Fsp3) is 0.278.